The van der Waals surface area contributed by atoms with Gasteiger partial charge in [0.2, 0.25) is 0 Å². The first-order chi connectivity index (χ1) is 9.60. The van der Waals surface area contributed by atoms with Crippen LogP contribution in [0.3, 0.4) is 0 Å². The van der Waals surface area contributed by atoms with Crippen molar-refractivity contribution in [3.63, 3.8) is 0 Å². The van der Waals surface area contributed by atoms with Crippen LogP contribution in [0.15, 0.2) is 62.1 Å². The Morgan fingerprint density at radius 1 is 1.15 bits per heavy atom. The summed E-state index contributed by atoms with van der Waals surface area (Å²) in [4.78, 5) is 15.2. The maximum atomic E-state index is 11.6. The van der Waals surface area contributed by atoms with Gasteiger partial charge in [0.1, 0.15) is 0 Å². The second-order valence-electron chi connectivity index (χ2n) is 4.29. The lowest BCUT2D eigenvalue weighted by molar-refractivity contribution is -0.111. The molecule has 1 aromatic rings. The summed E-state index contributed by atoms with van der Waals surface area (Å²) >= 11 is 1.32. The van der Waals surface area contributed by atoms with Crippen molar-refractivity contribution in [2.45, 2.75) is 18.7 Å². The fourth-order valence-electron chi connectivity index (χ4n) is 1.58. The van der Waals surface area contributed by atoms with Gasteiger partial charge in [-0.2, -0.15) is 0 Å². The van der Waals surface area contributed by atoms with E-state index in [0.717, 1.165) is 10.5 Å². The van der Waals surface area contributed by atoms with Crippen LogP contribution in [-0.2, 0) is 4.79 Å². The number of aryl methyl sites for hydroxylation is 1. The number of hydrogen-bond donors (Lipinski definition) is 0. The number of rotatable bonds is 3. The largest absolute Gasteiger partial charge is 0.289 e. The molecule has 1 aliphatic rings. The quantitative estimate of drug-likeness (QED) is 0.274. The van der Waals surface area contributed by atoms with Gasteiger partial charge in [0.05, 0.1) is 11.4 Å². The molecule has 0 saturated heterocycles. The van der Waals surface area contributed by atoms with Crippen LogP contribution in [0.2, 0.25) is 0 Å². The molecule has 0 heterocycles. The molecule has 0 atom stereocenters. The molecule has 0 spiro atoms. The Kier molecular flexibility index (Phi) is 4.40. The number of ketones is 1. The summed E-state index contributed by atoms with van der Waals surface area (Å²) in [5.74, 6) is -0.292. The fraction of sp³-hybridized carbons (Fsp3) is 0.143. The minimum Gasteiger partial charge on any atom is -0.289 e. The van der Waals surface area contributed by atoms with E-state index in [1.807, 2.05) is 31.2 Å². The monoisotopic (exact) mass is 284 g/mol. The first-order valence-corrected chi connectivity index (χ1v) is 6.69. The Morgan fingerprint density at radius 3 is 2.50 bits per heavy atom. The molecule has 0 unspecified atom stereocenters. The van der Waals surface area contributed by atoms with E-state index in [9.17, 15) is 4.79 Å². The van der Waals surface area contributed by atoms with Crippen molar-refractivity contribution < 1.29 is 4.79 Å². The molecule has 6 heteroatoms. The van der Waals surface area contributed by atoms with Crippen molar-refractivity contribution >= 4 is 23.4 Å². The Morgan fingerprint density at radius 2 is 1.85 bits per heavy atom. The Labute approximate surface area is 120 Å². The van der Waals surface area contributed by atoms with Gasteiger partial charge in [-0.3, -0.25) is 4.79 Å². The predicted molar refractivity (Wildman–Crippen MR) is 80.5 cm³/mol. The molecule has 100 valence electrons. The molecule has 0 saturated carbocycles. The standard InChI is InChI=1S/C14H12N4OS/c1-9-3-5-11(6-4-9)20-17-12-8-13(16-18-15)14(19)7-10(12)2/h3-8H,1-2H3. The van der Waals surface area contributed by atoms with Crippen molar-refractivity contribution in [3.05, 3.63) is 63.7 Å². The lowest BCUT2D eigenvalue weighted by Gasteiger charge is -2.08. The maximum Gasteiger partial charge on any atom is 0.188 e. The lowest BCUT2D eigenvalue weighted by Crippen LogP contribution is -2.09. The second-order valence-corrected chi connectivity index (χ2v) is 5.13. The third kappa shape index (κ3) is 3.38. The molecule has 20 heavy (non-hydrogen) atoms. The summed E-state index contributed by atoms with van der Waals surface area (Å²) in [7, 11) is 0. The number of carbonyl (C=O) groups excluding carboxylic acids is 1. The van der Waals surface area contributed by atoms with Crippen LogP contribution in [0.4, 0.5) is 0 Å². The number of azide groups is 1. The van der Waals surface area contributed by atoms with Gasteiger partial charge in [-0.05, 0) is 49.2 Å². The number of carbonyl (C=O) groups is 1. The van der Waals surface area contributed by atoms with E-state index in [-0.39, 0.29) is 11.5 Å². The van der Waals surface area contributed by atoms with Crippen molar-refractivity contribution in [2.24, 2.45) is 9.51 Å². The minimum absolute atomic E-state index is 0.0707. The highest BCUT2D eigenvalue weighted by Crippen LogP contribution is 2.23. The van der Waals surface area contributed by atoms with Gasteiger partial charge >= 0.3 is 0 Å². The minimum atomic E-state index is -0.292. The molecule has 0 bridgehead atoms. The predicted octanol–water partition coefficient (Wildman–Crippen LogP) is 4.17. The number of allylic oxidation sites excluding steroid dienone is 3. The average Bonchev–Trinajstić information content (AvgIpc) is 2.42. The Bertz CT molecular complexity index is 680. The van der Waals surface area contributed by atoms with Crippen molar-refractivity contribution in [2.75, 3.05) is 0 Å². The highest BCUT2D eigenvalue weighted by atomic mass is 32.2. The molecule has 0 N–H and O–H groups in total. The summed E-state index contributed by atoms with van der Waals surface area (Å²) in [6.07, 6.45) is 2.94. The maximum absolute atomic E-state index is 11.6. The van der Waals surface area contributed by atoms with Crippen LogP contribution < -0.4 is 0 Å². The van der Waals surface area contributed by atoms with Crippen LogP contribution in [0.5, 0.6) is 0 Å². The molecule has 0 aromatic heterocycles. The van der Waals surface area contributed by atoms with Gasteiger partial charge in [-0.25, -0.2) is 4.40 Å². The summed E-state index contributed by atoms with van der Waals surface area (Å²) in [5, 5.41) is 3.37. The van der Waals surface area contributed by atoms with Gasteiger partial charge in [-0.1, -0.05) is 22.8 Å². The van der Waals surface area contributed by atoms with Gasteiger partial charge in [0.15, 0.2) is 5.78 Å². The van der Waals surface area contributed by atoms with Crippen LogP contribution in [-0.4, -0.2) is 11.5 Å². The normalized spacial score (nSPS) is 16.5. The van der Waals surface area contributed by atoms with Crippen LogP contribution >= 0.6 is 11.9 Å². The molecular formula is C14H12N4OS. The number of benzene rings is 1. The zero-order valence-electron chi connectivity index (χ0n) is 11.1. The topological polar surface area (TPSA) is 78.2 Å². The highest BCUT2D eigenvalue weighted by Gasteiger charge is 2.15. The molecule has 1 aliphatic carbocycles. The molecule has 5 nitrogen and oxygen atoms in total. The van der Waals surface area contributed by atoms with E-state index in [1.54, 1.807) is 6.92 Å². The third-order valence-electron chi connectivity index (χ3n) is 2.70. The summed E-state index contributed by atoms with van der Waals surface area (Å²) in [5.41, 5.74) is 11.1. The third-order valence-corrected chi connectivity index (χ3v) is 3.47. The van der Waals surface area contributed by atoms with E-state index >= 15 is 0 Å². The molecule has 1 aromatic carbocycles. The van der Waals surface area contributed by atoms with E-state index in [1.165, 1.54) is 29.7 Å². The molecule has 2 rings (SSSR count). The lowest BCUT2D eigenvalue weighted by atomic mass is 10.0. The van der Waals surface area contributed by atoms with Crippen molar-refractivity contribution in [1.29, 1.82) is 0 Å². The van der Waals surface area contributed by atoms with Gasteiger partial charge in [-0.15, -0.1) is 0 Å². The zero-order chi connectivity index (χ0) is 14.5. The average molecular weight is 284 g/mol. The fourth-order valence-corrected chi connectivity index (χ4v) is 2.24. The second kappa shape index (κ2) is 6.23. The van der Waals surface area contributed by atoms with Crippen LogP contribution in [0, 0.1) is 6.92 Å². The zero-order valence-corrected chi connectivity index (χ0v) is 11.9. The highest BCUT2D eigenvalue weighted by molar-refractivity contribution is 7.98. The van der Waals surface area contributed by atoms with Gasteiger partial charge < -0.3 is 0 Å². The van der Waals surface area contributed by atoms with E-state index < -0.39 is 0 Å². The van der Waals surface area contributed by atoms with E-state index in [0.29, 0.717) is 5.71 Å². The SMILES string of the molecule is CC1=CC(=O)C(N=[N+]=[N-])=CC1=NSc1ccc(C)cc1. The van der Waals surface area contributed by atoms with Gasteiger partial charge in [0.25, 0.3) is 0 Å². The van der Waals surface area contributed by atoms with Crippen molar-refractivity contribution in [3.8, 4) is 0 Å². The summed E-state index contributed by atoms with van der Waals surface area (Å²) in [6, 6.07) is 7.98. The van der Waals surface area contributed by atoms with Crippen LogP contribution in [0.1, 0.15) is 12.5 Å². The smallest absolute Gasteiger partial charge is 0.188 e. The van der Waals surface area contributed by atoms with Crippen molar-refractivity contribution in [1.82, 2.24) is 0 Å². The molecule has 0 radical (unpaired) electrons. The molecular weight excluding hydrogens is 272 g/mol. The van der Waals surface area contributed by atoms with Gasteiger partial charge in [0, 0.05) is 21.8 Å². The Balaban J connectivity index is 2.24. The number of hydrogen-bond acceptors (Lipinski definition) is 4. The van der Waals surface area contributed by atoms with E-state index in [4.69, 9.17) is 5.53 Å². The first kappa shape index (κ1) is 14.1. The molecule has 0 amide bonds. The number of nitrogens with zero attached hydrogens (tertiary/aromatic N) is 4. The molecule has 0 aliphatic heterocycles. The molecule has 0 fully saturated rings. The Hall–Kier alpha value is -2.30. The van der Waals surface area contributed by atoms with Crippen LogP contribution in [0.25, 0.3) is 10.4 Å². The summed E-state index contributed by atoms with van der Waals surface area (Å²) < 4.78 is 4.38. The first-order valence-electron chi connectivity index (χ1n) is 5.91. The van der Waals surface area contributed by atoms with E-state index in [2.05, 4.69) is 14.4 Å². The summed E-state index contributed by atoms with van der Waals surface area (Å²) in [6.45, 7) is 3.82.